The van der Waals surface area contributed by atoms with Gasteiger partial charge in [-0.2, -0.15) is 5.10 Å². The first-order chi connectivity index (χ1) is 14.1. The molecule has 0 aliphatic carbocycles. The quantitative estimate of drug-likeness (QED) is 0.647. The summed E-state index contributed by atoms with van der Waals surface area (Å²) in [5.41, 5.74) is 2.52. The third kappa shape index (κ3) is 5.46. The lowest BCUT2D eigenvalue weighted by Gasteiger charge is -2.24. The molecule has 8 heteroatoms. The highest BCUT2D eigenvalue weighted by Crippen LogP contribution is 2.19. The largest absolute Gasteiger partial charge is 0.451 e. The van der Waals surface area contributed by atoms with E-state index < -0.39 is 24.0 Å². The minimum absolute atomic E-state index is 0.164. The third-order valence-electron chi connectivity index (χ3n) is 5.21. The number of hydrogen-bond donors (Lipinski definition) is 2. The van der Waals surface area contributed by atoms with E-state index in [1.807, 2.05) is 26.8 Å². The fourth-order valence-electron chi connectivity index (χ4n) is 2.96. The second kappa shape index (κ2) is 10.0. The first-order valence-electron chi connectivity index (χ1n) is 10.0. The Kier molecular flexibility index (Phi) is 7.74. The lowest BCUT2D eigenvalue weighted by molar-refractivity contribution is -0.156. The highest BCUT2D eigenvalue weighted by molar-refractivity contribution is 5.98. The van der Waals surface area contributed by atoms with Gasteiger partial charge in [-0.1, -0.05) is 38.5 Å². The van der Waals surface area contributed by atoms with Crippen LogP contribution in [0.4, 0.5) is 5.69 Å². The van der Waals surface area contributed by atoms with Crippen LogP contribution in [-0.2, 0) is 21.4 Å². The number of benzene rings is 1. The minimum atomic E-state index is -1.03. The third-order valence-corrected chi connectivity index (χ3v) is 5.21. The normalized spacial score (nSPS) is 13.8. The van der Waals surface area contributed by atoms with Crippen molar-refractivity contribution < 1.29 is 19.1 Å². The topological polar surface area (TPSA) is 102 Å². The van der Waals surface area contributed by atoms with Crippen LogP contribution in [0, 0.1) is 19.8 Å². The molecule has 0 saturated heterocycles. The molecule has 0 bridgehead atoms. The Bertz CT molecular complexity index is 907. The average molecular weight is 415 g/mol. The Morgan fingerprint density at radius 1 is 1.13 bits per heavy atom. The van der Waals surface area contributed by atoms with Gasteiger partial charge in [0.25, 0.3) is 11.8 Å². The molecule has 0 spiro atoms. The maximum atomic E-state index is 12.8. The van der Waals surface area contributed by atoms with E-state index in [0.29, 0.717) is 23.4 Å². The van der Waals surface area contributed by atoms with E-state index in [-0.39, 0.29) is 11.8 Å². The molecule has 8 nitrogen and oxygen atoms in total. The number of carbonyl (C=O) groups excluding carboxylic acids is 3. The van der Waals surface area contributed by atoms with E-state index in [0.717, 1.165) is 5.69 Å². The molecule has 2 amide bonds. The van der Waals surface area contributed by atoms with Crippen LogP contribution in [-0.4, -0.2) is 39.7 Å². The lowest BCUT2D eigenvalue weighted by atomic mass is 9.98. The molecule has 0 radical (unpaired) electrons. The summed E-state index contributed by atoms with van der Waals surface area (Å²) in [5.74, 6) is -1.63. The van der Waals surface area contributed by atoms with Crippen molar-refractivity contribution in [2.45, 2.75) is 53.2 Å². The molecule has 2 N–H and O–H groups in total. The molecule has 1 aromatic heterocycles. The minimum Gasteiger partial charge on any atom is -0.451 e. The standard InChI is InChI=1S/C22H30N4O4/c1-7-13(2)18(23-21(28)17-11-9-8-10-12-17)22(29)30-16(5)20(27)24-19-14(3)25-26(6)15(19)4/h8-13,16,18H,7H2,1-6H3,(H,23,28)(H,24,27)/t13-,16-,18-/m0/s1. The number of nitrogens with zero attached hydrogens (tertiary/aromatic N) is 2. The fraction of sp³-hybridized carbons (Fsp3) is 0.455. The molecule has 162 valence electrons. The molecule has 0 aliphatic rings. The fourth-order valence-corrected chi connectivity index (χ4v) is 2.96. The van der Waals surface area contributed by atoms with Gasteiger partial charge in [0.15, 0.2) is 6.10 Å². The predicted molar refractivity (Wildman–Crippen MR) is 114 cm³/mol. The van der Waals surface area contributed by atoms with E-state index in [1.165, 1.54) is 6.92 Å². The number of esters is 1. The van der Waals surface area contributed by atoms with Gasteiger partial charge in [-0.15, -0.1) is 0 Å². The number of aryl methyl sites for hydroxylation is 2. The van der Waals surface area contributed by atoms with Gasteiger partial charge < -0.3 is 15.4 Å². The second-order valence-corrected chi connectivity index (χ2v) is 7.44. The number of anilines is 1. The van der Waals surface area contributed by atoms with Crippen LogP contribution in [0.5, 0.6) is 0 Å². The number of amides is 2. The zero-order chi connectivity index (χ0) is 22.4. The number of ether oxygens (including phenoxy) is 1. The number of rotatable bonds is 8. The number of hydrogen-bond acceptors (Lipinski definition) is 5. The van der Waals surface area contributed by atoms with Crippen LogP contribution in [0.2, 0.25) is 0 Å². The highest BCUT2D eigenvalue weighted by atomic mass is 16.5. The van der Waals surface area contributed by atoms with Crippen LogP contribution in [0.15, 0.2) is 30.3 Å². The first kappa shape index (κ1) is 23.1. The molecule has 2 rings (SSSR count). The summed E-state index contributed by atoms with van der Waals surface area (Å²) in [4.78, 5) is 37.8. The van der Waals surface area contributed by atoms with Crippen molar-refractivity contribution in [3.8, 4) is 0 Å². The van der Waals surface area contributed by atoms with Crippen LogP contribution in [0.3, 0.4) is 0 Å². The molecule has 0 unspecified atom stereocenters. The Morgan fingerprint density at radius 2 is 1.77 bits per heavy atom. The van der Waals surface area contributed by atoms with Crippen molar-refractivity contribution in [2.24, 2.45) is 13.0 Å². The lowest BCUT2D eigenvalue weighted by Crippen LogP contribution is -2.47. The average Bonchev–Trinajstić information content (AvgIpc) is 2.97. The zero-order valence-electron chi connectivity index (χ0n) is 18.4. The van der Waals surface area contributed by atoms with E-state index >= 15 is 0 Å². The molecule has 2 aromatic rings. The van der Waals surface area contributed by atoms with Crippen molar-refractivity contribution in [3.63, 3.8) is 0 Å². The number of aromatic nitrogens is 2. The number of carbonyl (C=O) groups is 3. The summed E-state index contributed by atoms with van der Waals surface area (Å²) < 4.78 is 7.07. The first-order valence-corrected chi connectivity index (χ1v) is 10.0. The van der Waals surface area contributed by atoms with Gasteiger partial charge in [0.2, 0.25) is 0 Å². The van der Waals surface area contributed by atoms with Crippen LogP contribution >= 0.6 is 0 Å². The maximum absolute atomic E-state index is 12.8. The SMILES string of the molecule is CC[C@H](C)[C@H](NC(=O)c1ccccc1)C(=O)O[C@@H](C)C(=O)Nc1c(C)nn(C)c1C. The smallest absolute Gasteiger partial charge is 0.329 e. The van der Waals surface area contributed by atoms with Crippen molar-refractivity contribution in [3.05, 3.63) is 47.3 Å². The second-order valence-electron chi connectivity index (χ2n) is 7.44. The molecule has 0 fully saturated rings. The van der Waals surface area contributed by atoms with Gasteiger partial charge in [-0.3, -0.25) is 14.3 Å². The molecular formula is C22H30N4O4. The highest BCUT2D eigenvalue weighted by Gasteiger charge is 2.31. The van der Waals surface area contributed by atoms with Crippen LogP contribution in [0.25, 0.3) is 0 Å². The molecule has 1 aromatic carbocycles. The molecule has 0 aliphatic heterocycles. The van der Waals surface area contributed by atoms with E-state index in [9.17, 15) is 14.4 Å². The molecule has 0 saturated carbocycles. The Morgan fingerprint density at radius 3 is 2.30 bits per heavy atom. The number of nitrogens with one attached hydrogen (secondary N) is 2. The van der Waals surface area contributed by atoms with Crippen molar-refractivity contribution in [1.82, 2.24) is 15.1 Å². The summed E-state index contributed by atoms with van der Waals surface area (Å²) in [5, 5.41) is 9.76. The Balaban J connectivity index is 2.06. The van der Waals surface area contributed by atoms with E-state index in [1.54, 1.807) is 42.9 Å². The summed E-state index contributed by atoms with van der Waals surface area (Å²) in [7, 11) is 1.79. The van der Waals surface area contributed by atoms with Gasteiger partial charge in [0, 0.05) is 12.6 Å². The van der Waals surface area contributed by atoms with Crippen molar-refractivity contribution in [2.75, 3.05) is 5.32 Å². The Labute approximate surface area is 177 Å². The molecule has 1 heterocycles. The van der Waals surface area contributed by atoms with Crippen molar-refractivity contribution >= 4 is 23.5 Å². The van der Waals surface area contributed by atoms with Crippen LogP contribution in [0.1, 0.15) is 48.9 Å². The van der Waals surface area contributed by atoms with Gasteiger partial charge in [0.05, 0.1) is 17.1 Å². The maximum Gasteiger partial charge on any atom is 0.329 e. The summed E-state index contributed by atoms with van der Waals surface area (Å²) in [6, 6.07) is 7.79. The van der Waals surface area contributed by atoms with Gasteiger partial charge in [-0.25, -0.2) is 4.79 Å². The van der Waals surface area contributed by atoms with Crippen LogP contribution < -0.4 is 10.6 Å². The van der Waals surface area contributed by atoms with Gasteiger partial charge >= 0.3 is 5.97 Å². The Hall–Kier alpha value is -3.16. The predicted octanol–water partition coefficient (Wildman–Crippen LogP) is 2.75. The molecule has 3 atom stereocenters. The van der Waals surface area contributed by atoms with Crippen molar-refractivity contribution in [1.29, 1.82) is 0 Å². The van der Waals surface area contributed by atoms with E-state index in [2.05, 4.69) is 15.7 Å². The summed E-state index contributed by atoms with van der Waals surface area (Å²) in [6.07, 6.45) is -0.375. The van der Waals surface area contributed by atoms with Gasteiger partial charge in [-0.05, 0) is 38.8 Å². The summed E-state index contributed by atoms with van der Waals surface area (Å²) in [6.45, 7) is 8.90. The summed E-state index contributed by atoms with van der Waals surface area (Å²) >= 11 is 0. The van der Waals surface area contributed by atoms with E-state index in [4.69, 9.17) is 4.74 Å². The van der Waals surface area contributed by atoms with Gasteiger partial charge in [0.1, 0.15) is 6.04 Å². The molecular weight excluding hydrogens is 384 g/mol. The zero-order valence-corrected chi connectivity index (χ0v) is 18.4. The monoisotopic (exact) mass is 414 g/mol. The molecule has 30 heavy (non-hydrogen) atoms.